The highest BCUT2D eigenvalue weighted by Gasteiger charge is 2.21. The van der Waals surface area contributed by atoms with Crippen LogP contribution < -0.4 is 5.32 Å². The lowest BCUT2D eigenvalue weighted by Crippen LogP contribution is -2.25. The molecule has 0 radical (unpaired) electrons. The normalized spacial score (nSPS) is 12.0. The maximum absolute atomic E-state index is 12.5. The summed E-state index contributed by atoms with van der Waals surface area (Å²) >= 11 is 5.91. The molecule has 0 saturated heterocycles. The number of aryl methyl sites for hydroxylation is 2. The smallest absolute Gasteiger partial charge is 0.358 e. The van der Waals surface area contributed by atoms with E-state index in [2.05, 4.69) is 15.5 Å². The van der Waals surface area contributed by atoms with Gasteiger partial charge in [0.1, 0.15) is 0 Å². The highest BCUT2D eigenvalue weighted by atomic mass is 35.5. The Labute approximate surface area is 172 Å². The van der Waals surface area contributed by atoms with Gasteiger partial charge >= 0.3 is 5.82 Å². The zero-order valence-electron chi connectivity index (χ0n) is 16.3. The molecule has 1 N–H and O–H groups in total. The second-order valence-corrected chi connectivity index (χ2v) is 7.36. The summed E-state index contributed by atoms with van der Waals surface area (Å²) in [7, 11) is 0. The summed E-state index contributed by atoms with van der Waals surface area (Å²) < 4.78 is 3.26. The van der Waals surface area contributed by atoms with Gasteiger partial charge in [0.25, 0.3) is 0 Å². The van der Waals surface area contributed by atoms with Gasteiger partial charge in [-0.15, -0.1) is 0 Å². The van der Waals surface area contributed by atoms with Crippen molar-refractivity contribution in [3.05, 3.63) is 68.5 Å². The zero-order valence-corrected chi connectivity index (χ0v) is 17.1. The molecule has 1 amide bonds. The maximum atomic E-state index is 12.5. The number of carbonyl (C=O) groups is 1. The Balaban J connectivity index is 1.64. The van der Waals surface area contributed by atoms with E-state index in [9.17, 15) is 14.9 Å². The van der Waals surface area contributed by atoms with Crippen LogP contribution in [-0.4, -0.2) is 30.4 Å². The molecule has 3 rings (SSSR count). The van der Waals surface area contributed by atoms with Crippen molar-refractivity contribution in [2.45, 2.75) is 33.9 Å². The van der Waals surface area contributed by atoms with Gasteiger partial charge < -0.3 is 15.4 Å². The number of aromatic nitrogens is 4. The molecule has 10 heteroatoms. The topological polar surface area (TPSA) is 108 Å². The number of nitrogens with zero attached hydrogens (tertiary/aromatic N) is 5. The average molecular weight is 417 g/mol. The molecule has 2 aromatic heterocycles. The van der Waals surface area contributed by atoms with Crippen LogP contribution in [-0.2, 0) is 17.9 Å². The van der Waals surface area contributed by atoms with E-state index in [0.717, 1.165) is 11.3 Å². The fraction of sp³-hybridized carbons (Fsp3) is 0.316. The Bertz CT molecular complexity index is 1040. The van der Waals surface area contributed by atoms with Gasteiger partial charge in [0, 0.05) is 16.8 Å². The molecule has 0 aliphatic rings. The molecule has 0 aliphatic heterocycles. The van der Waals surface area contributed by atoms with E-state index in [1.54, 1.807) is 24.6 Å². The van der Waals surface area contributed by atoms with E-state index in [0.29, 0.717) is 23.1 Å². The Hall–Kier alpha value is -3.20. The first-order chi connectivity index (χ1) is 13.7. The minimum Gasteiger partial charge on any atom is -0.358 e. The predicted octanol–water partition coefficient (Wildman–Crippen LogP) is 3.58. The van der Waals surface area contributed by atoms with Gasteiger partial charge in [-0.05, 0) is 36.5 Å². The molecule has 1 aromatic carbocycles. The predicted molar refractivity (Wildman–Crippen MR) is 109 cm³/mol. The minimum atomic E-state index is -0.551. The van der Waals surface area contributed by atoms with Crippen LogP contribution in [0.25, 0.3) is 0 Å². The van der Waals surface area contributed by atoms with E-state index in [-0.39, 0.29) is 18.3 Å². The highest BCUT2D eigenvalue weighted by molar-refractivity contribution is 6.30. The summed E-state index contributed by atoms with van der Waals surface area (Å²) in [6, 6.07) is 10.7. The molecular formula is C19H21ClN6O3. The van der Waals surface area contributed by atoms with Gasteiger partial charge in [-0.3, -0.25) is 9.48 Å². The Morgan fingerprint density at radius 2 is 1.83 bits per heavy atom. The average Bonchev–Trinajstić information content (AvgIpc) is 3.19. The van der Waals surface area contributed by atoms with Crippen molar-refractivity contribution in [2.75, 3.05) is 5.32 Å². The van der Waals surface area contributed by atoms with Gasteiger partial charge in [0.05, 0.1) is 35.9 Å². The molecule has 3 aromatic rings. The molecule has 2 heterocycles. The lowest BCUT2D eigenvalue weighted by Gasteiger charge is -2.10. The van der Waals surface area contributed by atoms with Crippen molar-refractivity contribution in [1.29, 1.82) is 0 Å². The molecule has 1 unspecified atom stereocenters. The summed E-state index contributed by atoms with van der Waals surface area (Å²) in [6.07, 6.45) is 0. The second-order valence-electron chi connectivity index (χ2n) is 6.93. The first-order valence-corrected chi connectivity index (χ1v) is 9.39. The number of benzene rings is 1. The highest BCUT2D eigenvalue weighted by Crippen LogP contribution is 2.16. The lowest BCUT2D eigenvalue weighted by atomic mass is 10.1. The number of amides is 1. The van der Waals surface area contributed by atoms with Gasteiger partial charge in [0.2, 0.25) is 5.91 Å². The number of halogens is 1. The molecular weight excluding hydrogens is 396 g/mol. The summed E-state index contributed by atoms with van der Waals surface area (Å²) in [5.41, 5.74) is 2.57. The Morgan fingerprint density at radius 1 is 1.17 bits per heavy atom. The van der Waals surface area contributed by atoms with Crippen LogP contribution in [0, 0.1) is 29.9 Å². The first kappa shape index (κ1) is 20.5. The molecule has 0 aliphatic carbocycles. The standard InChI is InChI=1S/C19H21ClN6O3/c1-12(10-24-14(3)9-18(23-24)26(28)29)19(27)21-17-8-13(2)25(22-17)11-15-4-6-16(20)7-5-15/h4-9,12H,10-11H2,1-3H3,(H,21,22,27). The van der Waals surface area contributed by atoms with E-state index in [1.807, 2.05) is 31.2 Å². The van der Waals surface area contributed by atoms with Crippen LogP contribution in [0.4, 0.5) is 11.6 Å². The quantitative estimate of drug-likeness (QED) is 0.467. The summed E-state index contributed by atoms with van der Waals surface area (Å²) in [6.45, 7) is 6.15. The third kappa shape index (κ3) is 5.00. The Kier molecular flexibility index (Phi) is 5.97. The molecule has 0 saturated carbocycles. The summed E-state index contributed by atoms with van der Waals surface area (Å²) in [4.78, 5) is 22.8. The van der Waals surface area contributed by atoms with Crippen molar-refractivity contribution < 1.29 is 9.72 Å². The van der Waals surface area contributed by atoms with Crippen molar-refractivity contribution >= 4 is 29.1 Å². The fourth-order valence-corrected chi connectivity index (χ4v) is 2.98. The molecule has 9 nitrogen and oxygen atoms in total. The van der Waals surface area contributed by atoms with Gasteiger partial charge in [0.15, 0.2) is 5.82 Å². The molecule has 0 spiro atoms. The lowest BCUT2D eigenvalue weighted by molar-refractivity contribution is -0.389. The van der Waals surface area contributed by atoms with Crippen molar-refractivity contribution in [3.8, 4) is 0 Å². The van der Waals surface area contributed by atoms with Crippen LogP contribution in [0.5, 0.6) is 0 Å². The second kappa shape index (κ2) is 8.44. The molecule has 1 atom stereocenters. The van der Waals surface area contributed by atoms with Crippen LogP contribution in [0.1, 0.15) is 23.9 Å². The molecule has 29 heavy (non-hydrogen) atoms. The third-order valence-electron chi connectivity index (χ3n) is 4.53. The zero-order chi connectivity index (χ0) is 21.1. The van der Waals surface area contributed by atoms with Crippen LogP contribution in [0.3, 0.4) is 0 Å². The Morgan fingerprint density at radius 3 is 2.45 bits per heavy atom. The van der Waals surface area contributed by atoms with Crippen LogP contribution in [0.15, 0.2) is 36.4 Å². The molecule has 0 fully saturated rings. The number of nitrogens with one attached hydrogen (secondary N) is 1. The van der Waals surface area contributed by atoms with Gasteiger partial charge in [-0.2, -0.15) is 9.78 Å². The number of nitro groups is 1. The largest absolute Gasteiger partial charge is 0.390 e. The molecule has 152 valence electrons. The van der Waals surface area contributed by atoms with E-state index < -0.39 is 10.8 Å². The summed E-state index contributed by atoms with van der Waals surface area (Å²) in [5.74, 6) is -0.461. The monoisotopic (exact) mass is 416 g/mol. The van der Waals surface area contributed by atoms with Gasteiger partial charge in [-0.1, -0.05) is 30.7 Å². The van der Waals surface area contributed by atoms with Crippen molar-refractivity contribution in [1.82, 2.24) is 19.6 Å². The number of carbonyl (C=O) groups excluding carboxylic acids is 1. The third-order valence-corrected chi connectivity index (χ3v) is 4.78. The van der Waals surface area contributed by atoms with Crippen molar-refractivity contribution in [2.24, 2.45) is 5.92 Å². The minimum absolute atomic E-state index is 0.230. The first-order valence-electron chi connectivity index (χ1n) is 9.01. The number of hydrogen-bond donors (Lipinski definition) is 1. The van der Waals surface area contributed by atoms with Gasteiger partial charge in [-0.25, -0.2) is 0 Å². The van der Waals surface area contributed by atoms with Crippen LogP contribution in [0.2, 0.25) is 5.02 Å². The van der Waals surface area contributed by atoms with Crippen molar-refractivity contribution in [3.63, 3.8) is 0 Å². The number of hydrogen-bond acceptors (Lipinski definition) is 5. The van der Waals surface area contributed by atoms with Crippen LogP contribution >= 0.6 is 11.6 Å². The van der Waals surface area contributed by atoms with E-state index in [4.69, 9.17) is 11.6 Å². The maximum Gasteiger partial charge on any atom is 0.390 e. The van der Waals surface area contributed by atoms with E-state index in [1.165, 1.54) is 10.7 Å². The fourth-order valence-electron chi connectivity index (χ4n) is 2.85. The molecule has 0 bridgehead atoms. The summed E-state index contributed by atoms with van der Waals surface area (Å²) in [5, 5.41) is 22.7. The SMILES string of the molecule is Cc1cc(NC(=O)C(C)Cn2nc([N+](=O)[O-])cc2C)nn1Cc1ccc(Cl)cc1. The number of anilines is 1. The van der Waals surface area contributed by atoms with E-state index >= 15 is 0 Å². The number of rotatable bonds is 7.